The van der Waals surface area contributed by atoms with Crippen LogP contribution in [-0.2, 0) is 9.63 Å². The molecule has 10 heteroatoms. The molecule has 1 fully saturated rings. The second-order valence-corrected chi connectivity index (χ2v) is 11.9. The Morgan fingerprint density at radius 2 is 1.80 bits per heavy atom. The molecule has 0 radical (unpaired) electrons. The molecule has 1 saturated heterocycles. The molecule has 3 heterocycles. The zero-order valence-electron chi connectivity index (χ0n) is 23.2. The highest BCUT2D eigenvalue weighted by Crippen LogP contribution is 2.39. The number of nitrogens with zero attached hydrogens (tertiary/aromatic N) is 2. The number of nitrogen functional groups attached to an aromatic ring is 1. The third-order valence-corrected chi connectivity index (χ3v) is 8.19. The highest BCUT2D eigenvalue weighted by atomic mass is 32.1. The van der Waals surface area contributed by atoms with Gasteiger partial charge in [-0.25, -0.2) is 9.78 Å². The first kappa shape index (κ1) is 28.1. The summed E-state index contributed by atoms with van der Waals surface area (Å²) >= 11 is 1.55. The van der Waals surface area contributed by atoms with E-state index in [1.54, 1.807) is 28.5 Å². The van der Waals surface area contributed by atoms with E-state index >= 15 is 0 Å². The summed E-state index contributed by atoms with van der Waals surface area (Å²) in [6.45, 7) is 6.50. The maximum absolute atomic E-state index is 13.0. The van der Waals surface area contributed by atoms with Crippen LogP contribution in [0.15, 0.2) is 72.3 Å². The molecule has 0 saturated carbocycles. The molecule has 0 spiro atoms. The number of nitrogens with two attached hydrogens (primary N) is 2. The fourth-order valence-corrected chi connectivity index (χ4v) is 6.51. The first-order chi connectivity index (χ1) is 19.7. The van der Waals surface area contributed by atoms with Crippen LogP contribution >= 0.6 is 11.3 Å². The van der Waals surface area contributed by atoms with Crippen LogP contribution < -0.4 is 21.7 Å². The smallest absolute Gasteiger partial charge is 0.428 e. The van der Waals surface area contributed by atoms with Crippen LogP contribution in [0, 0.1) is 5.41 Å². The Morgan fingerprint density at radius 3 is 2.49 bits per heavy atom. The number of aromatic nitrogens is 1. The van der Waals surface area contributed by atoms with Gasteiger partial charge >= 0.3 is 6.09 Å². The van der Waals surface area contributed by atoms with Crippen molar-refractivity contribution in [3.63, 3.8) is 0 Å². The second-order valence-electron chi connectivity index (χ2n) is 11.0. The number of para-hydroxylation sites is 1. The van der Waals surface area contributed by atoms with Gasteiger partial charge < -0.3 is 25.5 Å². The van der Waals surface area contributed by atoms with Crippen LogP contribution in [0.5, 0.6) is 11.5 Å². The summed E-state index contributed by atoms with van der Waals surface area (Å²) in [5, 5.41) is 5.95. The SMILES string of the molecule is CC(C)(C)C1C(NC(=O)C=Cc2cnc(N)c3c(-c4ccc(Oc5ccccc5)cc4)csc23)CCN1C(=O)ON. The maximum atomic E-state index is 13.0. The molecule has 212 valence electrons. The molecule has 2 unspecified atom stereocenters. The molecule has 41 heavy (non-hydrogen) atoms. The molecule has 2 aromatic carbocycles. The Kier molecular flexibility index (Phi) is 7.96. The zero-order valence-corrected chi connectivity index (χ0v) is 24.0. The van der Waals surface area contributed by atoms with E-state index in [9.17, 15) is 9.59 Å². The van der Waals surface area contributed by atoms with Crippen molar-refractivity contribution in [3.8, 4) is 22.6 Å². The molecule has 9 nitrogen and oxygen atoms in total. The van der Waals surface area contributed by atoms with E-state index in [4.69, 9.17) is 16.4 Å². The molecule has 5 rings (SSSR count). The second kappa shape index (κ2) is 11.6. The molecule has 4 aromatic rings. The van der Waals surface area contributed by atoms with Gasteiger partial charge in [0.15, 0.2) is 0 Å². The average molecular weight is 572 g/mol. The van der Waals surface area contributed by atoms with Crippen molar-refractivity contribution >= 4 is 45.3 Å². The number of rotatable bonds is 6. The maximum Gasteiger partial charge on any atom is 0.428 e. The number of carbonyl (C=O) groups is 2. The van der Waals surface area contributed by atoms with Crippen molar-refractivity contribution < 1.29 is 19.2 Å². The van der Waals surface area contributed by atoms with E-state index in [0.717, 1.165) is 38.3 Å². The fraction of sp³-hybridized carbons (Fsp3) is 0.258. The normalized spacial score (nSPS) is 17.2. The van der Waals surface area contributed by atoms with Gasteiger partial charge in [-0.3, -0.25) is 4.79 Å². The number of nitrogens with one attached hydrogen (secondary N) is 1. The lowest BCUT2D eigenvalue weighted by Crippen LogP contribution is -2.53. The standard InChI is InChI=1S/C31H33N5O4S/c1-31(2,3)28-24(15-16-36(28)30(38)40-33)35-25(37)14-11-20-17-34-29(32)26-23(18-41-27(20)26)19-9-12-22(13-10-19)39-21-7-5-4-6-8-21/h4-14,17-18,24,28H,15-16,33H2,1-3H3,(H2,32,34)(H,35,37). The largest absolute Gasteiger partial charge is 0.457 e. The molecule has 0 aliphatic carbocycles. The Morgan fingerprint density at radius 1 is 1.10 bits per heavy atom. The third-order valence-electron chi connectivity index (χ3n) is 7.16. The summed E-state index contributed by atoms with van der Waals surface area (Å²) < 4.78 is 6.86. The number of benzene rings is 2. The number of carbonyl (C=O) groups excluding carboxylic acids is 2. The molecular weight excluding hydrogens is 538 g/mol. The summed E-state index contributed by atoms with van der Waals surface area (Å²) in [6.07, 6.45) is 4.91. The number of hydrogen-bond acceptors (Lipinski definition) is 8. The van der Waals surface area contributed by atoms with Gasteiger partial charge in [0.25, 0.3) is 0 Å². The van der Waals surface area contributed by atoms with Crippen LogP contribution in [0.1, 0.15) is 32.8 Å². The number of anilines is 1. The minimum atomic E-state index is -0.598. The minimum Gasteiger partial charge on any atom is -0.457 e. The number of likely N-dealkylation sites (tertiary alicyclic amines) is 1. The van der Waals surface area contributed by atoms with Crippen molar-refractivity contribution in [2.24, 2.45) is 11.3 Å². The van der Waals surface area contributed by atoms with E-state index < -0.39 is 6.09 Å². The Labute approximate surface area is 242 Å². The predicted octanol–water partition coefficient (Wildman–Crippen LogP) is 5.97. The first-order valence-electron chi connectivity index (χ1n) is 13.3. The van der Waals surface area contributed by atoms with Gasteiger partial charge in [-0.2, -0.15) is 5.90 Å². The molecule has 2 atom stereocenters. The van der Waals surface area contributed by atoms with Gasteiger partial charge in [0, 0.05) is 40.0 Å². The van der Waals surface area contributed by atoms with Gasteiger partial charge in [-0.15, -0.1) is 11.3 Å². The molecule has 0 bridgehead atoms. The Bertz CT molecular complexity index is 1580. The van der Waals surface area contributed by atoms with Crippen molar-refractivity contribution in [1.82, 2.24) is 15.2 Å². The van der Waals surface area contributed by atoms with Gasteiger partial charge in [0.2, 0.25) is 5.91 Å². The van der Waals surface area contributed by atoms with E-state index in [1.165, 1.54) is 6.08 Å². The highest BCUT2D eigenvalue weighted by Gasteiger charge is 2.45. The van der Waals surface area contributed by atoms with Crippen LogP contribution in [0.4, 0.5) is 10.6 Å². The summed E-state index contributed by atoms with van der Waals surface area (Å²) in [5.74, 6) is 6.81. The van der Waals surface area contributed by atoms with Gasteiger partial charge in [-0.05, 0) is 53.1 Å². The van der Waals surface area contributed by atoms with Crippen LogP contribution in [-0.4, -0.2) is 40.5 Å². The first-order valence-corrected chi connectivity index (χ1v) is 14.2. The molecule has 5 N–H and O–H groups in total. The van der Waals surface area contributed by atoms with Crippen LogP contribution in [0.3, 0.4) is 0 Å². The van der Waals surface area contributed by atoms with Crippen LogP contribution in [0.25, 0.3) is 27.3 Å². The van der Waals surface area contributed by atoms with Crippen molar-refractivity contribution in [1.29, 1.82) is 0 Å². The zero-order chi connectivity index (χ0) is 29.1. The number of fused-ring (bicyclic) bond motifs is 1. The number of pyridine rings is 1. The lowest BCUT2D eigenvalue weighted by Gasteiger charge is -2.37. The Hall–Kier alpha value is -4.41. The number of hydrogen-bond donors (Lipinski definition) is 3. The van der Waals surface area contributed by atoms with E-state index in [-0.39, 0.29) is 23.4 Å². The predicted molar refractivity (Wildman–Crippen MR) is 162 cm³/mol. The van der Waals surface area contributed by atoms with Gasteiger partial charge in [0.1, 0.15) is 17.3 Å². The highest BCUT2D eigenvalue weighted by molar-refractivity contribution is 7.18. The summed E-state index contributed by atoms with van der Waals surface area (Å²) in [4.78, 5) is 35.6. The number of ether oxygens (including phenoxy) is 1. The van der Waals surface area contributed by atoms with Gasteiger partial charge in [-0.1, -0.05) is 51.1 Å². The topological polar surface area (TPSA) is 133 Å². The summed E-state index contributed by atoms with van der Waals surface area (Å²) in [5.41, 5.74) is 8.77. The lowest BCUT2D eigenvalue weighted by molar-refractivity contribution is -0.117. The van der Waals surface area contributed by atoms with E-state index in [0.29, 0.717) is 18.8 Å². The summed E-state index contributed by atoms with van der Waals surface area (Å²) in [7, 11) is 0. The van der Waals surface area contributed by atoms with E-state index in [1.807, 2.05) is 80.7 Å². The molecule has 1 aliphatic rings. The minimum absolute atomic E-state index is 0.238. The quantitative estimate of drug-likeness (QED) is 0.192. The number of thiophene rings is 1. The monoisotopic (exact) mass is 571 g/mol. The van der Waals surface area contributed by atoms with Crippen LogP contribution in [0.2, 0.25) is 0 Å². The third kappa shape index (κ3) is 6.03. The molecule has 2 amide bonds. The number of amides is 2. The van der Waals surface area contributed by atoms with Crippen molar-refractivity contribution in [2.75, 3.05) is 12.3 Å². The molecule has 1 aliphatic heterocycles. The fourth-order valence-electron chi connectivity index (χ4n) is 5.43. The van der Waals surface area contributed by atoms with E-state index in [2.05, 4.69) is 15.1 Å². The Balaban J connectivity index is 1.34. The van der Waals surface area contributed by atoms with Crippen molar-refractivity contribution in [3.05, 3.63) is 77.8 Å². The summed E-state index contributed by atoms with van der Waals surface area (Å²) in [6, 6.07) is 17.0. The molecular formula is C31H33N5O4S. The van der Waals surface area contributed by atoms with Gasteiger partial charge in [0.05, 0.1) is 12.1 Å². The average Bonchev–Trinajstić information content (AvgIpc) is 3.59. The molecule has 2 aromatic heterocycles. The van der Waals surface area contributed by atoms with Crippen molar-refractivity contribution in [2.45, 2.75) is 39.3 Å². The lowest BCUT2D eigenvalue weighted by atomic mass is 9.82.